The molecule has 0 aromatic rings. The molecule has 0 aromatic carbocycles. The van der Waals surface area contributed by atoms with Gasteiger partial charge in [-0.3, -0.25) is 0 Å². The van der Waals surface area contributed by atoms with Crippen molar-refractivity contribution >= 4 is 0 Å². The molecule has 0 amide bonds. The van der Waals surface area contributed by atoms with Crippen molar-refractivity contribution in [2.24, 2.45) is 0 Å². The van der Waals surface area contributed by atoms with Gasteiger partial charge >= 0.3 is 0 Å². The van der Waals surface area contributed by atoms with Crippen LogP contribution in [0.3, 0.4) is 0 Å². The van der Waals surface area contributed by atoms with Crippen molar-refractivity contribution in [1.82, 2.24) is 5.32 Å². The Morgan fingerprint density at radius 2 is 2.17 bits per heavy atom. The van der Waals surface area contributed by atoms with Crippen LogP contribution in [0, 0.1) is 11.8 Å². The van der Waals surface area contributed by atoms with Crippen molar-refractivity contribution in [3.8, 4) is 11.8 Å². The number of hydrogen-bond donors (Lipinski definition) is 2. The fraction of sp³-hybridized carbons (Fsp3) is 0.800. The Hall–Kier alpha value is -0.520. The smallest absolute Gasteiger partial charge is 0.0693 e. The molecule has 0 unspecified atom stereocenters. The van der Waals surface area contributed by atoms with Gasteiger partial charge < -0.3 is 10.4 Å². The van der Waals surface area contributed by atoms with E-state index >= 15 is 0 Å². The first-order valence-electron chi connectivity index (χ1n) is 4.65. The van der Waals surface area contributed by atoms with Crippen LogP contribution in [-0.2, 0) is 0 Å². The molecule has 68 valence electrons. The summed E-state index contributed by atoms with van der Waals surface area (Å²) < 4.78 is 0. The second-order valence-corrected chi connectivity index (χ2v) is 3.27. The highest BCUT2D eigenvalue weighted by Crippen LogP contribution is 2.17. The van der Waals surface area contributed by atoms with Gasteiger partial charge in [0.2, 0.25) is 0 Å². The minimum absolute atomic E-state index is 0.155. The van der Waals surface area contributed by atoms with Crippen LogP contribution < -0.4 is 5.32 Å². The van der Waals surface area contributed by atoms with Crippen molar-refractivity contribution in [2.45, 2.75) is 44.8 Å². The molecule has 0 aliphatic heterocycles. The summed E-state index contributed by atoms with van der Waals surface area (Å²) in [4.78, 5) is 0. The van der Waals surface area contributed by atoms with Crippen molar-refractivity contribution in [1.29, 1.82) is 0 Å². The molecule has 0 spiro atoms. The van der Waals surface area contributed by atoms with Crippen molar-refractivity contribution in [3.05, 3.63) is 0 Å². The molecule has 0 radical (unpaired) electrons. The van der Waals surface area contributed by atoms with E-state index in [9.17, 15) is 5.11 Å². The SMILES string of the molecule is CC#CCN[C@@H]1CCCC[C@H]1O. The van der Waals surface area contributed by atoms with Gasteiger partial charge in [0.1, 0.15) is 0 Å². The topological polar surface area (TPSA) is 32.3 Å². The predicted molar refractivity (Wildman–Crippen MR) is 49.7 cm³/mol. The molecule has 1 fully saturated rings. The van der Waals surface area contributed by atoms with Crippen molar-refractivity contribution in [3.63, 3.8) is 0 Å². The largest absolute Gasteiger partial charge is 0.392 e. The highest BCUT2D eigenvalue weighted by Gasteiger charge is 2.21. The molecule has 1 saturated carbocycles. The molecule has 2 nitrogen and oxygen atoms in total. The fourth-order valence-corrected chi connectivity index (χ4v) is 1.62. The maximum Gasteiger partial charge on any atom is 0.0693 e. The van der Waals surface area contributed by atoms with E-state index in [0.29, 0.717) is 6.54 Å². The molecule has 1 aliphatic carbocycles. The van der Waals surface area contributed by atoms with E-state index in [4.69, 9.17) is 0 Å². The minimum Gasteiger partial charge on any atom is -0.392 e. The summed E-state index contributed by atoms with van der Waals surface area (Å²) in [6, 6.07) is 0.277. The molecule has 0 bridgehead atoms. The molecular weight excluding hydrogens is 150 g/mol. The normalized spacial score (nSPS) is 29.2. The van der Waals surface area contributed by atoms with Gasteiger partial charge in [0.25, 0.3) is 0 Å². The van der Waals surface area contributed by atoms with E-state index in [1.807, 2.05) is 6.92 Å². The molecule has 2 atom stereocenters. The average Bonchev–Trinajstić information content (AvgIpc) is 2.09. The first-order chi connectivity index (χ1) is 5.84. The number of aliphatic hydroxyl groups is 1. The summed E-state index contributed by atoms with van der Waals surface area (Å²) in [5.41, 5.74) is 0. The van der Waals surface area contributed by atoms with Crippen LogP contribution in [0.2, 0.25) is 0 Å². The first-order valence-corrected chi connectivity index (χ1v) is 4.65. The van der Waals surface area contributed by atoms with Gasteiger partial charge in [-0.15, -0.1) is 5.92 Å². The first kappa shape index (κ1) is 9.57. The molecule has 12 heavy (non-hydrogen) atoms. The molecular formula is C10H17NO. The van der Waals surface area contributed by atoms with Gasteiger partial charge in [0, 0.05) is 6.04 Å². The van der Waals surface area contributed by atoms with Gasteiger partial charge in [-0.05, 0) is 19.8 Å². The van der Waals surface area contributed by atoms with Crippen molar-refractivity contribution < 1.29 is 5.11 Å². The Kier molecular flexibility index (Phi) is 4.13. The number of nitrogens with one attached hydrogen (secondary N) is 1. The Morgan fingerprint density at radius 3 is 2.83 bits per heavy atom. The molecule has 2 N–H and O–H groups in total. The van der Waals surface area contributed by atoms with Crippen LogP contribution >= 0.6 is 0 Å². The quantitative estimate of drug-likeness (QED) is 0.599. The van der Waals surface area contributed by atoms with Crippen LogP contribution in [-0.4, -0.2) is 23.8 Å². The lowest BCUT2D eigenvalue weighted by Gasteiger charge is -2.27. The number of rotatable bonds is 2. The highest BCUT2D eigenvalue weighted by molar-refractivity contribution is 4.98. The number of aliphatic hydroxyl groups excluding tert-OH is 1. The second kappa shape index (κ2) is 5.18. The zero-order chi connectivity index (χ0) is 8.81. The third-order valence-electron chi connectivity index (χ3n) is 2.36. The molecule has 0 heterocycles. The summed E-state index contributed by atoms with van der Waals surface area (Å²) in [6.45, 7) is 2.54. The predicted octanol–water partition coefficient (Wildman–Crippen LogP) is 0.903. The molecule has 1 rings (SSSR count). The van der Waals surface area contributed by atoms with Gasteiger partial charge in [-0.25, -0.2) is 0 Å². The summed E-state index contributed by atoms with van der Waals surface area (Å²) in [5.74, 6) is 5.77. The lowest BCUT2D eigenvalue weighted by molar-refractivity contribution is 0.0931. The molecule has 0 saturated heterocycles. The second-order valence-electron chi connectivity index (χ2n) is 3.27. The standard InChI is InChI=1S/C10H17NO/c1-2-3-8-11-9-6-4-5-7-10(9)12/h9-12H,4-8H2,1H3/t9-,10-/m1/s1. The highest BCUT2D eigenvalue weighted by atomic mass is 16.3. The summed E-state index contributed by atoms with van der Waals surface area (Å²) in [7, 11) is 0. The maximum absolute atomic E-state index is 9.56. The Balaban J connectivity index is 2.23. The van der Waals surface area contributed by atoms with Gasteiger partial charge in [0.15, 0.2) is 0 Å². The van der Waals surface area contributed by atoms with E-state index in [1.165, 1.54) is 12.8 Å². The Labute approximate surface area is 74.4 Å². The summed E-state index contributed by atoms with van der Waals surface area (Å²) in [6.07, 6.45) is 4.27. The van der Waals surface area contributed by atoms with Crippen molar-refractivity contribution in [2.75, 3.05) is 6.54 Å². The molecule has 0 aromatic heterocycles. The van der Waals surface area contributed by atoms with Crippen LogP contribution in [0.1, 0.15) is 32.6 Å². The summed E-state index contributed by atoms with van der Waals surface area (Å²) in [5, 5.41) is 12.8. The van der Waals surface area contributed by atoms with Crippen LogP contribution in [0.4, 0.5) is 0 Å². The number of hydrogen-bond acceptors (Lipinski definition) is 2. The van der Waals surface area contributed by atoms with E-state index in [2.05, 4.69) is 17.2 Å². The third kappa shape index (κ3) is 2.84. The van der Waals surface area contributed by atoms with Crippen LogP contribution in [0.5, 0.6) is 0 Å². The monoisotopic (exact) mass is 167 g/mol. The molecule has 2 heteroatoms. The average molecular weight is 167 g/mol. The maximum atomic E-state index is 9.56. The third-order valence-corrected chi connectivity index (χ3v) is 2.36. The van der Waals surface area contributed by atoms with E-state index in [-0.39, 0.29) is 12.1 Å². The summed E-state index contributed by atoms with van der Waals surface area (Å²) >= 11 is 0. The van der Waals surface area contributed by atoms with Gasteiger partial charge in [-0.2, -0.15) is 0 Å². The zero-order valence-electron chi connectivity index (χ0n) is 7.64. The van der Waals surface area contributed by atoms with Crippen LogP contribution in [0.25, 0.3) is 0 Å². The van der Waals surface area contributed by atoms with Gasteiger partial charge in [0.05, 0.1) is 12.6 Å². The lowest BCUT2D eigenvalue weighted by atomic mass is 9.93. The lowest BCUT2D eigenvalue weighted by Crippen LogP contribution is -2.42. The van der Waals surface area contributed by atoms with E-state index in [0.717, 1.165) is 12.8 Å². The fourth-order valence-electron chi connectivity index (χ4n) is 1.62. The van der Waals surface area contributed by atoms with E-state index < -0.39 is 0 Å². The zero-order valence-corrected chi connectivity index (χ0v) is 7.64. The Bertz CT molecular complexity index is 180. The van der Waals surface area contributed by atoms with Gasteiger partial charge in [-0.1, -0.05) is 18.8 Å². The molecule has 1 aliphatic rings. The Morgan fingerprint density at radius 1 is 1.42 bits per heavy atom. The minimum atomic E-state index is -0.155. The van der Waals surface area contributed by atoms with Crippen LogP contribution in [0.15, 0.2) is 0 Å². The van der Waals surface area contributed by atoms with E-state index in [1.54, 1.807) is 0 Å².